The maximum Gasteiger partial charge on any atom is 0.233 e. The van der Waals surface area contributed by atoms with Gasteiger partial charge < -0.3 is 11.1 Å². The van der Waals surface area contributed by atoms with Crippen LogP contribution in [0.1, 0.15) is 24.8 Å². The summed E-state index contributed by atoms with van der Waals surface area (Å²) in [6.45, 7) is 0.505. The average Bonchev–Trinajstić information content (AvgIpc) is 2.30. The molecule has 1 aliphatic rings. The van der Waals surface area contributed by atoms with Crippen molar-refractivity contribution in [2.75, 3.05) is 6.54 Å². The minimum absolute atomic E-state index is 0.0682. The van der Waals surface area contributed by atoms with Crippen molar-refractivity contribution in [1.29, 1.82) is 0 Å². The van der Waals surface area contributed by atoms with Crippen LogP contribution >= 0.6 is 35.4 Å². The fourth-order valence-corrected chi connectivity index (χ4v) is 3.12. The molecule has 20 heavy (non-hydrogen) atoms. The Kier molecular flexibility index (Phi) is 4.89. The van der Waals surface area contributed by atoms with Crippen molar-refractivity contribution >= 4 is 46.3 Å². The van der Waals surface area contributed by atoms with E-state index >= 15 is 0 Å². The monoisotopic (exact) mass is 330 g/mol. The molecule has 108 valence electrons. The summed E-state index contributed by atoms with van der Waals surface area (Å²) in [5.41, 5.74) is 6.02. The highest BCUT2D eigenvalue weighted by Crippen LogP contribution is 2.41. The number of thiocarbonyl (C=S) groups is 1. The maximum absolute atomic E-state index is 12.2. The predicted octanol–water partition coefficient (Wildman–Crippen LogP) is 3.11. The van der Waals surface area contributed by atoms with Crippen LogP contribution in [-0.4, -0.2) is 17.4 Å². The number of nitrogens with one attached hydrogen (secondary N) is 1. The quantitative estimate of drug-likeness (QED) is 0.815. The Bertz CT molecular complexity index is 544. The third-order valence-corrected chi connectivity index (χ3v) is 4.79. The second-order valence-electron chi connectivity index (χ2n) is 5.04. The van der Waals surface area contributed by atoms with Crippen LogP contribution in [-0.2, 0) is 11.2 Å². The number of rotatable bonds is 5. The normalized spacial score (nSPS) is 16.3. The molecular weight excluding hydrogens is 315 g/mol. The molecule has 1 aliphatic carbocycles. The Labute approximate surface area is 133 Å². The van der Waals surface area contributed by atoms with E-state index in [-0.39, 0.29) is 5.91 Å². The van der Waals surface area contributed by atoms with Crippen molar-refractivity contribution in [3.63, 3.8) is 0 Å². The van der Waals surface area contributed by atoms with E-state index in [1.807, 2.05) is 6.07 Å². The van der Waals surface area contributed by atoms with Gasteiger partial charge in [-0.1, -0.05) is 47.9 Å². The standard InChI is InChI=1S/C14H16Cl2N2OS/c15-10-3-2-9(11(16)8-10)4-7-18-13(19)14(12(17)20)5-1-6-14/h2-3,8H,1,4-7H2,(H2,17,20)(H,18,19). The second-order valence-corrected chi connectivity index (χ2v) is 6.33. The summed E-state index contributed by atoms with van der Waals surface area (Å²) in [6, 6.07) is 5.35. The number of amides is 1. The highest BCUT2D eigenvalue weighted by Gasteiger charge is 2.46. The zero-order valence-electron chi connectivity index (χ0n) is 10.9. The molecular formula is C14H16Cl2N2OS. The summed E-state index contributed by atoms with van der Waals surface area (Å²) in [4.78, 5) is 12.5. The van der Waals surface area contributed by atoms with Crippen LogP contribution in [0.15, 0.2) is 18.2 Å². The summed E-state index contributed by atoms with van der Waals surface area (Å²) in [7, 11) is 0. The largest absolute Gasteiger partial charge is 0.392 e. The summed E-state index contributed by atoms with van der Waals surface area (Å²) < 4.78 is 0. The first kappa shape index (κ1) is 15.5. The molecule has 3 nitrogen and oxygen atoms in total. The highest BCUT2D eigenvalue weighted by atomic mass is 35.5. The van der Waals surface area contributed by atoms with E-state index in [1.165, 1.54) is 0 Å². The molecule has 0 aliphatic heterocycles. The van der Waals surface area contributed by atoms with Crippen molar-refractivity contribution in [2.45, 2.75) is 25.7 Å². The second kappa shape index (κ2) is 6.29. The molecule has 1 amide bonds. The smallest absolute Gasteiger partial charge is 0.233 e. The Morgan fingerprint density at radius 3 is 2.60 bits per heavy atom. The van der Waals surface area contributed by atoms with E-state index in [0.29, 0.717) is 28.0 Å². The van der Waals surface area contributed by atoms with Crippen molar-refractivity contribution in [2.24, 2.45) is 11.1 Å². The summed E-state index contributed by atoms with van der Waals surface area (Å²) in [6.07, 6.45) is 3.13. The fraction of sp³-hybridized carbons (Fsp3) is 0.429. The number of benzene rings is 1. The zero-order valence-corrected chi connectivity index (χ0v) is 13.2. The molecule has 0 saturated heterocycles. The number of carbonyl (C=O) groups is 1. The summed E-state index contributed by atoms with van der Waals surface area (Å²) in [5, 5.41) is 4.11. The van der Waals surface area contributed by atoms with Gasteiger partial charge in [-0.15, -0.1) is 0 Å². The minimum atomic E-state index is -0.626. The van der Waals surface area contributed by atoms with E-state index in [9.17, 15) is 4.79 Å². The van der Waals surface area contributed by atoms with Gasteiger partial charge in [-0.25, -0.2) is 0 Å². The zero-order chi connectivity index (χ0) is 14.8. The lowest BCUT2D eigenvalue weighted by molar-refractivity contribution is -0.130. The Balaban J connectivity index is 1.90. The van der Waals surface area contributed by atoms with Gasteiger partial charge in [0, 0.05) is 16.6 Å². The van der Waals surface area contributed by atoms with Gasteiger partial charge in [-0.2, -0.15) is 0 Å². The molecule has 0 unspecified atom stereocenters. The van der Waals surface area contributed by atoms with Crippen molar-refractivity contribution in [1.82, 2.24) is 5.32 Å². The van der Waals surface area contributed by atoms with Crippen LogP contribution in [0.4, 0.5) is 0 Å². The summed E-state index contributed by atoms with van der Waals surface area (Å²) in [5.74, 6) is -0.0682. The van der Waals surface area contributed by atoms with Gasteiger partial charge >= 0.3 is 0 Å². The molecule has 1 fully saturated rings. The topological polar surface area (TPSA) is 55.1 Å². The van der Waals surface area contributed by atoms with Gasteiger partial charge in [-0.3, -0.25) is 4.79 Å². The van der Waals surface area contributed by atoms with Crippen LogP contribution in [0.25, 0.3) is 0 Å². The Morgan fingerprint density at radius 1 is 1.40 bits per heavy atom. The van der Waals surface area contributed by atoms with Crippen molar-refractivity contribution < 1.29 is 4.79 Å². The first-order valence-corrected chi connectivity index (χ1v) is 7.64. The van der Waals surface area contributed by atoms with Crippen molar-refractivity contribution in [3.05, 3.63) is 33.8 Å². The molecule has 0 spiro atoms. The summed E-state index contributed by atoms with van der Waals surface area (Å²) >= 11 is 16.9. The van der Waals surface area contributed by atoms with E-state index < -0.39 is 5.41 Å². The van der Waals surface area contributed by atoms with Gasteiger partial charge in [0.2, 0.25) is 5.91 Å². The molecule has 2 rings (SSSR count). The number of nitrogens with two attached hydrogens (primary N) is 1. The van der Waals surface area contributed by atoms with E-state index in [1.54, 1.807) is 12.1 Å². The molecule has 0 radical (unpaired) electrons. The van der Waals surface area contributed by atoms with Crippen LogP contribution < -0.4 is 11.1 Å². The fourth-order valence-electron chi connectivity index (χ4n) is 2.32. The van der Waals surface area contributed by atoms with Gasteiger partial charge in [0.15, 0.2) is 0 Å². The van der Waals surface area contributed by atoms with Crippen LogP contribution in [0.5, 0.6) is 0 Å². The van der Waals surface area contributed by atoms with Gasteiger partial charge in [0.25, 0.3) is 0 Å². The lowest BCUT2D eigenvalue weighted by Gasteiger charge is -2.39. The highest BCUT2D eigenvalue weighted by molar-refractivity contribution is 7.80. The molecule has 1 aromatic rings. The Hall–Kier alpha value is -0.840. The number of halogens is 2. The Morgan fingerprint density at radius 2 is 2.10 bits per heavy atom. The van der Waals surface area contributed by atoms with Crippen LogP contribution in [0, 0.1) is 5.41 Å². The molecule has 3 N–H and O–H groups in total. The lowest BCUT2D eigenvalue weighted by Crippen LogP contribution is -2.53. The van der Waals surface area contributed by atoms with Gasteiger partial charge in [-0.05, 0) is 37.0 Å². The molecule has 0 heterocycles. The minimum Gasteiger partial charge on any atom is -0.392 e. The number of hydrogen-bond acceptors (Lipinski definition) is 2. The number of carbonyl (C=O) groups excluding carboxylic acids is 1. The average molecular weight is 331 g/mol. The first-order chi connectivity index (χ1) is 9.45. The lowest BCUT2D eigenvalue weighted by atomic mass is 9.68. The molecule has 6 heteroatoms. The molecule has 0 bridgehead atoms. The molecule has 1 saturated carbocycles. The first-order valence-electron chi connectivity index (χ1n) is 6.48. The SMILES string of the molecule is NC(=S)C1(C(=O)NCCc2ccc(Cl)cc2Cl)CCC1. The predicted molar refractivity (Wildman–Crippen MR) is 86.2 cm³/mol. The van der Waals surface area contributed by atoms with E-state index in [0.717, 1.165) is 24.8 Å². The van der Waals surface area contributed by atoms with Crippen LogP contribution in [0.2, 0.25) is 10.0 Å². The molecule has 0 aromatic heterocycles. The molecule has 1 aromatic carbocycles. The van der Waals surface area contributed by atoms with Crippen molar-refractivity contribution in [3.8, 4) is 0 Å². The van der Waals surface area contributed by atoms with Gasteiger partial charge in [0.05, 0.1) is 10.4 Å². The van der Waals surface area contributed by atoms with Crippen LogP contribution in [0.3, 0.4) is 0 Å². The maximum atomic E-state index is 12.2. The van der Waals surface area contributed by atoms with E-state index in [4.69, 9.17) is 41.2 Å². The third-order valence-electron chi connectivity index (χ3n) is 3.81. The molecule has 0 atom stereocenters. The number of hydrogen-bond donors (Lipinski definition) is 2. The third kappa shape index (κ3) is 3.08. The van der Waals surface area contributed by atoms with E-state index in [2.05, 4.69) is 5.32 Å². The van der Waals surface area contributed by atoms with Gasteiger partial charge in [0.1, 0.15) is 0 Å².